The van der Waals surface area contributed by atoms with Crippen molar-refractivity contribution in [3.8, 4) is 11.8 Å². The molecule has 0 radical (unpaired) electrons. The van der Waals surface area contributed by atoms with Crippen molar-refractivity contribution < 1.29 is 19.8 Å². The van der Waals surface area contributed by atoms with E-state index in [1.54, 1.807) is 11.0 Å². The van der Waals surface area contributed by atoms with Gasteiger partial charge in [-0.2, -0.15) is 0 Å². The molecule has 0 saturated heterocycles. The quantitative estimate of drug-likeness (QED) is 0.698. The number of rotatable bonds is 4. The SMILES string of the molecule is CCC#Cc1cc(N(C(=O)C2CCC(C)CC2)[C@H]2CC[C@H](O)CC2)c(C(=O)O)s1. The normalized spacial score (nSPS) is 27.0. The Labute approximate surface area is 177 Å². The molecule has 0 atom stereocenters. The van der Waals surface area contributed by atoms with E-state index in [9.17, 15) is 19.8 Å². The van der Waals surface area contributed by atoms with Crippen LogP contribution in [0, 0.1) is 23.7 Å². The second kappa shape index (κ2) is 9.77. The van der Waals surface area contributed by atoms with Crippen LogP contribution in [0.3, 0.4) is 0 Å². The highest BCUT2D eigenvalue weighted by Crippen LogP contribution is 2.38. The van der Waals surface area contributed by atoms with Crippen molar-refractivity contribution in [2.24, 2.45) is 11.8 Å². The number of carbonyl (C=O) groups excluding carboxylic acids is 1. The molecule has 1 aromatic rings. The van der Waals surface area contributed by atoms with Crippen LogP contribution >= 0.6 is 11.3 Å². The van der Waals surface area contributed by atoms with Gasteiger partial charge in [0.05, 0.1) is 16.7 Å². The van der Waals surface area contributed by atoms with E-state index in [0.29, 0.717) is 48.6 Å². The molecule has 1 amide bonds. The van der Waals surface area contributed by atoms with Gasteiger partial charge in [-0.1, -0.05) is 25.7 Å². The molecule has 158 valence electrons. The average molecular weight is 418 g/mol. The van der Waals surface area contributed by atoms with Gasteiger partial charge in [0, 0.05) is 18.4 Å². The maximum absolute atomic E-state index is 13.6. The largest absolute Gasteiger partial charge is 0.477 e. The van der Waals surface area contributed by atoms with Gasteiger partial charge in [0.2, 0.25) is 5.91 Å². The third-order valence-electron chi connectivity index (χ3n) is 6.19. The summed E-state index contributed by atoms with van der Waals surface area (Å²) in [6.45, 7) is 4.17. The topological polar surface area (TPSA) is 77.8 Å². The molecule has 0 aromatic carbocycles. The number of aliphatic hydroxyl groups excluding tert-OH is 1. The molecule has 0 aliphatic heterocycles. The third-order valence-corrected chi connectivity index (χ3v) is 7.22. The molecule has 2 fully saturated rings. The number of carboxylic acid groups (broad SMARTS) is 1. The molecule has 1 heterocycles. The Morgan fingerprint density at radius 1 is 1.14 bits per heavy atom. The Morgan fingerprint density at radius 2 is 1.79 bits per heavy atom. The first-order valence-corrected chi connectivity index (χ1v) is 11.6. The first-order chi connectivity index (χ1) is 13.9. The van der Waals surface area contributed by atoms with Crippen LogP contribution in [0.1, 0.15) is 86.2 Å². The Hall–Kier alpha value is -1.84. The summed E-state index contributed by atoms with van der Waals surface area (Å²) in [5.74, 6) is 5.65. The van der Waals surface area contributed by atoms with Gasteiger partial charge in [0.15, 0.2) is 0 Å². The van der Waals surface area contributed by atoms with Gasteiger partial charge in [-0.15, -0.1) is 11.3 Å². The minimum absolute atomic E-state index is 0.0496. The van der Waals surface area contributed by atoms with Crippen LogP contribution in [0.15, 0.2) is 6.07 Å². The smallest absolute Gasteiger partial charge is 0.348 e. The van der Waals surface area contributed by atoms with Crippen LogP contribution in [0.25, 0.3) is 0 Å². The van der Waals surface area contributed by atoms with Crippen LogP contribution in [0.2, 0.25) is 0 Å². The van der Waals surface area contributed by atoms with Gasteiger partial charge in [0.1, 0.15) is 4.88 Å². The predicted molar refractivity (Wildman–Crippen MR) is 115 cm³/mol. The van der Waals surface area contributed by atoms with Crippen molar-refractivity contribution in [2.75, 3.05) is 4.90 Å². The number of hydrogen-bond acceptors (Lipinski definition) is 4. The molecule has 5 nitrogen and oxygen atoms in total. The van der Waals surface area contributed by atoms with E-state index in [4.69, 9.17) is 0 Å². The second-order valence-corrected chi connectivity index (χ2v) is 9.47. The highest BCUT2D eigenvalue weighted by atomic mass is 32.1. The van der Waals surface area contributed by atoms with Crippen molar-refractivity contribution in [1.29, 1.82) is 0 Å². The van der Waals surface area contributed by atoms with E-state index in [0.717, 1.165) is 37.0 Å². The van der Waals surface area contributed by atoms with Crippen molar-refractivity contribution in [1.82, 2.24) is 0 Å². The molecule has 0 bridgehead atoms. The first-order valence-electron chi connectivity index (χ1n) is 10.8. The number of hydrogen-bond donors (Lipinski definition) is 2. The molecule has 2 N–H and O–H groups in total. The maximum Gasteiger partial charge on any atom is 0.348 e. The fourth-order valence-corrected chi connectivity index (χ4v) is 5.33. The van der Waals surface area contributed by atoms with E-state index < -0.39 is 5.97 Å². The van der Waals surface area contributed by atoms with Gasteiger partial charge < -0.3 is 15.1 Å². The van der Waals surface area contributed by atoms with Gasteiger partial charge in [-0.05, 0) is 63.4 Å². The fourth-order valence-electron chi connectivity index (χ4n) is 4.47. The molecular weight excluding hydrogens is 386 g/mol. The number of thiophene rings is 1. The van der Waals surface area contributed by atoms with Crippen LogP contribution in [0.5, 0.6) is 0 Å². The molecule has 29 heavy (non-hydrogen) atoms. The number of aliphatic hydroxyl groups is 1. The zero-order valence-electron chi connectivity index (χ0n) is 17.3. The third kappa shape index (κ3) is 5.21. The number of aromatic carboxylic acids is 1. The summed E-state index contributed by atoms with van der Waals surface area (Å²) in [5.41, 5.74) is 0.493. The summed E-state index contributed by atoms with van der Waals surface area (Å²) in [5, 5.41) is 19.7. The summed E-state index contributed by atoms with van der Waals surface area (Å²) < 4.78 is 0. The highest BCUT2D eigenvalue weighted by Gasteiger charge is 2.37. The lowest BCUT2D eigenvalue weighted by Crippen LogP contribution is -2.47. The van der Waals surface area contributed by atoms with E-state index in [1.165, 1.54) is 0 Å². The second-order valence-electron chi connectivity index (χ2n) is 8.41. The summed E-state index contributed by atoms with van der Waals surface area (Å²) in [6.07, 6.45) is 6.84. The molecule has 3 rings (SSSR count). The van der Waals surface area contributed by atoms with Crippen LogP contribution in [-0.2, 0) is 4.79 Å². The standard InChI is InChI=1S/C23H31NO4S/c1-3-4-5-19-14-20(21(29-19)23(27)28)24(17-10-12-18(25)13-11-17)22(26)16-8-6-15(2)7-9-16/h14-18,25H,3,6-13H2,1-2H3,(H,27,28)/t15?,16?,17-,18-. The number of carbonyl (C=O) groups is 2. The summed E-state index contributed by atoms with van der Waals surface area (Å²) in [4.78, 5) is 28.2. The minimum atomic E-state index is -1.01. The van der Waals surface area contributed by atoms with Gasteiger partial charge >= 0.3 is 5.97 Å². The molecule has 2 aliphatic rings. The predicted octanol–water partition coefficient (Wildman–Crippen LogP) is 4.67. The molecule has 2 aliphatic carbocycles. The minimum Gasteiger partial charge on any atom is -0.477 e. The zero-order valence-corrected chi connectivity index (χ0v) is 18.1. The Balaban J connectivity index is 1.97. The van der Waals surface area contributed by atoms with E-state index in [1.807, 2.05) is 6.92 Å². The fraction of sp³-hybridized carbons (Fsp3) is 0.652. The molecular formula is C23H31NO4S. The maximum atomic E-state index is 13.6. The van der Waals surface area contributed by atoms with Crippen molar-refractivity contribution in [3.63, 3.8) is 0 Å². The molecule has 1 aromatic heterocycles. The average Bonchev–Trinajstić information content (AvgIpc) is 3.12. The van der Waals surface area contributed by atoms with Gasteiger partial charge in [-0.25, -0.2) is 4.79 Å². The Bertz CT molecular complexity index is 790. The molecule has 6 heteroatoms. The summed E-state index contributed by atoms with van der Waals surface area (Å²) >= 11 is 1.15. The highest BCUT2D eigenvalue weighted by molar-refractivity contribution is 7.15. The Kier molecular flexibility index (Phi) is 7.37. The summed E-state index contributed by atoms with van der Waals surface area (Å²) in [6, 6.07) is 1.72. The lowest BCUT2D eigenvalue weighted by atomic mass is 9.81. The van der Waals surface area contributed by atoms with E-state index in [2.05, 4.69) is 18.8 Å². The van der Waals surface area contributed by atoms with Crippen molar-refractivity contribution in [2.45, 2.75) is 83.8 Å². The van der Waals surface area contributed by atoms with E-state index in [-0.39, 0.29) is 28.8 Å². The van der Waals surface area contributed by atoms with Gasteiger partial charge in [-0.3, -0.25) is 4.79 Å². The van der Waals surface area contributed by atoms with Crippen LogP contribution in [-0.4, -0.2) is 34.2 Å². The number of anilines is 1. The first kappa shape index (κ1) is 21.9. The van der Waals surface area contributed by atoms with Crippen molar-refractivity contribution >= 4 is 28.9 Å². The molecule has 0 unspecified atom stereocenters. The number of carboxylic acids is 1. The zero-order chi connectivity index (χ0) is 21.0. The summed E-state index contributed by atoms with van der Waals surface area (Å²) in [7, 11) is 0. The molecule has 2 saturated carbocycles. The van der Waals surface area contributed by atoms with Crippen LogP contribution < -0.4 is 4.90 Å². The number of nitrogens with zero attached hydrogens (tertiary/aromatic N) is 1. The van der Waals surface area contributed by atoms with E-state index >= 15 is 0 Å². The number of amides is 1. The Morgan fingerprint density at radius 3 is 2.38 bits per heavy atom. The van der Waals surface area contributed by atoms with Crippen LogP contribution in [0.4, 0.5) is 5.69 Å². The monoisotopic (exact) mass is 417 g/mol. The lowest BCUT2D eigenvalue weighted by Gasteiger charge is -2.38. The molecule has 0 spiro atoms. The van der Waals surface area contributed by atoms with Gasteiger partial charge in [0.25, 0.3) is 0 Å². The lowest BCUT2D eigenvalue weighted by molar-refractivity contribution is -0.124. The van der Waals surface area contributed by atoms with Crippen molar-refractivity contribution in [3.05, 3.63) is 15.8 Å².